The molecule has 1 N–H and O–H groups in total. The highest BCUT2D eigenvalue weighted by Gasteiger charge is 2.56. The number of rotatable bonds is 6. The SMILES string of the molecule is O=C([C@@H]1O[C@H]2O[C@@H]1C(=O)N(Cc1ccccc1)[C@@H]2Cc1ccccc1)N1CCC[C@H]1CO. The lowest BCUT2D eigenvalue weighted by Crippen LogP contribution is -2.57. The Kier molecular flexibility index (Phi) is 5.95. The molecule has 3 saturated heterocycles. The summed E-state index contributed by atoms with van der Waals surface area (Å²) in [7, 11) is 0. The third-order valence-electron chi connectivity index (χ3n) is 6.68. The third-order valence-corrected chi connectivity index (χ3v) is 6.68. The van der Waals surface area contributed by atoms with Crippen LogP contribution in [-0.4, -0.2) is 70.5 Å². The standard InChI is InChI=1S/C25H28N2O5/c28-16-19-12-7-13-26(19)23(29)21-22-24(30)27(15-18-10-5-2-6-11-18)20(25(31-21)32-22)14-17-8-3-1-4-9-17/h1-6,8-11,19-22,25,28H,7,12-16H2/t19-,20+,21+,22-,25-/m0/s1. The van der Waals surface area contributed by atoms with Crippen LogP contribution in [0.2, 0.25) is 0 Å². The van der Waals surface area contributed by atoms with Crippen LogP contribution in [0.15, 0.2) is 60.7 Å². The van der Waals surface area contributed by atoms with Gasteiger partial charge in [0.2, 0.25) is 0 Å². The fourth-order valence-corrected chi connectivity index (χ4v) is 5.01. The number of nitrogens with zero attached hydrogens (tertiary/aromatic N) is 2. The van der Waals surface area contributed by atoms with Crippen molar-refractivity contribution in [3.8, 4) is 0 Å². The zero-order valence-corrected chi connectivity index (χ0v) is 17.9. The molecule has 7 nitrogen and oxygen atoms in total. The Morgan fingerprint density at radius 1 is 1.00 bits per heavy atom. The number of fused-ring (bicyclic) bond motifs is 2. The van der Waals surface area contributed by atoms with E-state index in [1.54, 1.807) is 4.90 Å². The van der Waals surface area contributed by atoms with Gasteiger partial charge in [0.1, 0.15) is 0 Å². The number of benzene rings is 2. The number of carbonyl (C=O) groups is 2. The zero-order chi connectivity index (χ0) is 22.1. The molecule has 3 aliphatic heterocycles. The number of hydrogen-bond acceptors (Lipinski definition) is 5. The van der Waals surface area contributed by atoms with E-state index in [2.05, 4.69) is 0 Å². The number of aliphatic hydroxyl groups excluding tert-OH is 1. The summed E-state index contributed by atoms with van der Waals surface area (Å²) in [5, 5.41) is 9.64. The van der Waals surface area contributed by atoms with Gasteiger partial charge in [0.15, 0.2) is 18.5 Å². The molecule has 0 radical (unpaired) electrons. The molecule has 0 unspecified atom stereocenters. The van der Waals surface area contributed by atoms with Gasteiger partial charge >= 0.3 is 0 Å². The topological polar surface area (TPSA) is 79.3 Å². The third kappa shape index (κ3) is 3.92. The maximum absolute atomic E-state index is 13.6. The van der Waals surface area contributed by atoms with E-state index in [0.29, 0.717) is 19.5 Å². The monoisotopic (exact) mass is 436 g/mol. The number of morpholine rings is 1. The van der Waals surface area contributed by atoms with Gasteiger partial charge in [0.25, 0.3) is 11.8 Å². The molecular formula is C25H28N2O5. The minimum Gasteiger partial charge on any atom is -0.394 e. The predicted octanol–water partition coefficient (Wildman–Crippen LogP) is 1.73. The fraction of sp³-hybridized carbons (Fsp3) is 0.440. The highest BCUT2D eigenvalue weighted by molar-refractivity contribution is 5.92. The van der Waals surface area contributed by atoms with Gasteiger partial charge in [-0.3, -0.25) is 9.59 Å². The van der Waals surface area contributed by atoms with Crippen molar-refractivity contribution in [1.29, 1.82) is 0 Å². The highest BCUT2D eigenvalue weighted by atomic mass is 16.7. The maximum atomic E-state index is 13.6. The van der Waals surface area contributed by atoms with Gasteiger partial charge < -0.3 is 24.4 Å². The molecule has 32 heavy (non-hydrogen) atoms. The molecule has 2 aromatic rings. The van der Waals surface area contributed by atoms with E-state index in [9.17, 15) is 14.7 Å². The van der Waals surface area contributed by atoms with Crippen molar-refractivity contribution in [3.05, 3.63) is 71.8 Å². The van der Waals surface area contributed by atoms with Gasteiger partial charge in [0.05, 0.1) is 18.7 Å². The second-order valence-electron chi connectivity index (χ2n) is 8.70. The van der Waals surface area contributed by atoms with Crippen LogP contribution < -0.4 is 0 Å². The summed E-state index contributed by atoms with van der Waals surface area (Å²) in [5.74, 6) is -0.482. The largest absolute Gasteiger partial charge is 0.394 e. The Labute approximate surface area is 187 Å². The maximum Gasteiger partial charge on any atom is 0.255 e. The van der Waals surface area contributed by atoms with Gasteiger partial charge in [0, 0.05) is 13.1 Å². The van der Waals surface area contributed by atoms with Gasteiger partial charge in [-0.2, -0.15) is 0 Å². The molecule has 5 atom stereocenters. The van der Waals surface area contributed by atoms with Crippen molar-refractivity contribution in [2.75, 3.05) is 13.2 Å². The van der Waals surface area contributed by atoms with Crippen LogP contribution in [0.1, 0.15) is 24.0 Å². The summed E-state index contributed by atoms with van der Waals surface area (Å²) < 4.78 is 12.1. The van der Waals surface area contributed by atoms with E-state index >= 15 is 0 Å². The molecule has 0 aromatic heterocycles. The molecule has 0 aliphatic carbocycles. The molecule has 5 rings (SSSR count). The van der Waals surface area contributed by atoms with Gasteiger partial charge in [-0.25, -0.2) is 0 Å². The number of amides is 2. The molecule has 3 aliphatic rings. The fourth-order valence-electron chi connectivity index (χ4n) is 5.01. The summed E-state index contributed by atoms with van der Waals surface area (Å²) in [6.07, 6.45) is -0.439. The minimum absolute atomic E-state index is 0.0852. The zero-order valence-electron chi connectivity index (χ0n) is 17.9. The van der Waals surface area contributed by atoms with Crippen LogP contribution in [0.5, 0.6) is 0 Å². The van der Waals surface area contributed by atoms with E-state index < -0.39 is 18.5 Å². The molecule has 0 saturated carbocycles. The first-order valence-corrected chi connectivity index (χ1v) is 11.3. The van der Waals surface area contributed by atoms with Crippen molar-refractivity contribution in [2.45, 2.75) is 56.4 Å². The molecule has 3 heterocycles. The molecule has 3 fully saturated rings. The summed E-state index contributed by atoms with van der Waals surface area (Å²) in [5.41, 5.74) is 2.09. The van der Waals surface area contributed by atoms with Crippen LogP contribution in [-0.2, 0) is 32.0 Å². The lowest BCUT2D eigenvalue weighted by atomic mass is 10.0. The van der Waals surface area contributed by atoms with E-state index in [4.69, 9.17) is 9.47 Å². The van der Waals surface area contributed by atoms with E-state index in [-0.39, 0.29) is 30.5 Å². The van der Waals surface area contributed by atoms with Crippen molar-refractivity contribution in [3.63, 3.8) is 0 Å². The number of carbonyl (C=O) groups excluding carboxylic acids is 2. The van der Waals surface area contributed by atoms with Crippen LogP contribution in [0, 0.1) is 0 Å². The van der Waals surface area contributed by atoms with E-state index in [1.165, 1.54) is 0 Å². The smallest absolute Gasteiger partial charge is 0.255 e. The summed E-state index contributed by atoms with van der Waals surface area (Å²) in [6, 6.07) is 19.2. The van der Waals surface area contributed by atoms with Crippen LogP contribution in [0.3, 0.4) is 0 Å². The first-order valence-electron chi connectivity index (χ1n) is 11.3. The van der Waals surface area contributed by atoms with Gasteiger partial charge in [-0.05, 0) is 30.4 Å². The van der Waals surface area contributed by atoms with Crippen molar-refractivity contribution in [2.24, 2.45) is 0 Å². The van der Waals surface area contributed by atoms with Crippen molar-refractivity contribution < 1.29 is 24.2 Å². The summed E-state index contributed by atoms with van der Waals surface area (Å²) in [6.45, 7) is 0.912. The second-order valence-corrected chi connectivity index (χ2v) is 8.70. The van der Waals surface area contributed by atoms with Gasteiger partial charge in [-0.15, -0.1) is 0 Å². The quantitative estimate of drug-likeness (QED) is 0.746. The van der Waals surface area contributed by atoms with Crippen molar-refractivity contribution >= 4 is 11.8 Å². The lowest BCUT2D eigenvalue weighted by Gasteiger charge is -2.38. The van der Waals surface area contributed by atoms with Crippen molar-refractivity contribution in [1.82, 2.24) is 9.80 Å². The van der Waals surface area contributed by atoms with E-state index in [0.717, 1.165) is 24.0 Å². The molecule has 0 spiro atoms. The average Bonchev–Trinajstić information content (AvgIpc) is 3.47. The molecule has 7 heteroatoms. The Bertz CT molecular complexity index is 953. The second kappa shape index (κ2) is 9.02. The Hall–Kier alpha value is -2.74. The number of hydrogen-bond donors (Lipinski definition) is 1. The number of aliphatic hydroxyl groups is 1. The average molecular weight is 437 g/mol. The molecule has 2 aromatic carbocycles. The minimum atomic E-state index is -0.973. The Morgan fingerprint density at radius 3 is 2.38 bits per heavy atom. The van der Waals surface area contributed by atoms with Crippen LogP contribution in [0.25, 0.3) is 0 Å². The molecule has 2 bridgehead atoms. The Balaban J connectivity index is 1.42. The van der Waals surface area contributed by atoms with Crippen LogP contribution >= 0.6 is 0 Å². The van der Waals surface area contributed by atoms with E-state index in [1.807, 2.05) is 65.6 Å². The Morgan fingerprint density at radius 2 is 1.69 bits per heavy atom. The molecule has 2 amide bonds. The lowest BCUT2D eigenvalue weighted by molar-refractivity contribution is -0.177. The van der Waals surface area contributed by atoms with Crippen LogP contribution in [0.4, 0.5) is 0 Å². The number of likely N-dealkylation sites (tertiary alicyclic amines) is 1. The normalized spacial score (nSPS) is 29.5. The highest BCUT2D eigenvalue weighted by Crippen LogP contribution is 2.35. The van der Waals surface area contributed by atoms with Gasteiger partial charge in [-0.1, -0.05) is 60.7 Å². The first kappa shape index (κ1) is 21.1. The predicted molar refractivity (Wildman–Crippen MR) is 116 cm³/mol. The summed E-state index contributed by atoms with van der Waals surface area (Å²) >= 11 is 0. The first-order chi connectivity index (χ1) is 15.7. The number of ether oxygens (including phenoxy) is 2. The molecular weight excluding hydrogens is 408 g/mol. The molecule has 168 valence electrons. The summed E-state index contributed by atoms with van der Waals surface area (Å²) in [4.78, 5) is 30.3.